The molecule has 0 aromatic heterocycles. The molecule has 2 fully saturated rings. The SMILES string of the molecule is Cc1ccc(/C(O)=C2/C(=O)C(=O)N(CCCN3CCOCC3)C2c2cccc(O)c2)cc1. The van der Waals surface area contributed by atoms with Crippen molar-refractivity contribution >= 4 is 17.4 Å². The number of hydrogen-bond acceptors (Lipinski definition) is 6. The van der Waals surface area contributed by atoms with E-state index in [9.17, 15) is 19.8 Å². The highest BCUT2D eigenvalue weighted by Gasteiger charge is 2.45. The standard InChI is InChI=1S/C25H28N2O5/c1-17-6-8-18(9-7-17)23(29)21-22(19-4-2-5-20(28)16-19)27(25(31)24(21)30)11-3-10-26-12-14-32-15-13-26/h2,4-9,16,22,28-29H,3,10-15H2,1H3/b23-21-. The van der Waals surface area contributed by atoms with Crippen molar-refractivity contribution in [2.45, 2.75) is 19.4 Å². The second-order valence-corrected chi connectivity index (χ2v) is 8.26. The maximum absolute atomic E-state index is 13.0. The van der Waals surface area contributed by atoms with Crippen LogP contribution in [0.25, 0.3) is 5.76 Å². The molecule has 2 aliphatic heterocycles. The Bertz CT molecular complexity index is 1020. The summed E-state index contributed by atoms with van der Waals surface area (Å²) in [6, 6.07) is 12.9. The van der Waals surface area contributed by atoms with Crippen LogP contribution in [0, 0.1) is 6.92 Å². The molecular weight excluding hydrogens is 408 g/mol. The van der Waals surface area contributed by atoms with Crippen LogP contribution in [0.5, 0.6) is 5.75 Å². The largest absolute Gasteiger partial charge is 0.508 e. The van der Waals surface area contributed by atoms with Crippen LogP contribution < -0.4 is 0 Å². The summed E-state index contributed by atoms with van der Waals surface area (Å²) in [4.78, 5) is 29.8. The average Bonchev–Trinajstić information content (AvgIpc) is 3.05. The molecule has 0 aliphatic carbocycles. The fraction of sp³-hybridized carbons (Fsp3) is 0.360. The van der Waals surface area contributed by atoms with Crippen LogP contribution in [0.4, 0.5) is 0 Å². The number of aliphatic hydroxyl groups excluding tert-OH is 1. The number of Topliss-reactive ketones (excluding diaryl/α,β-unsaturated/α-hetero) is 1. The molecule has 4 rings (SSSR count). The fourth-order valence-corrected chi connectivity index (χ4v) is 4.31. The number of benzene rings is 2. The summed E-state index contributed by atoms with van der Waals surface area (Å²) in [5, 5.41) is 21.1. The zero-order chi connectivity index (χ0) is 22.7. The Balaban J connectivity index is 1.67. The van der Waals surface area contributed by atoms with Crippen LogP contribution >= 0.6 is 0 Å². The molecule has 0 spiro atoms. The number of phenols is 1. The van der Waals surface area contributed by atoms with Gasteiger partial charge in [0.25, 0.3) is 11.7 Å². The van der Waals surface area contributed by atoms with Gasteiger partial charge in [0.1, 0.15) is 11.5 Å². The Labute approximate surface area is 187 Å². The van der Waals surface area contributed by atoms with Crippen molar-refractivity contribution in [3.8, 4) is 5.75 Å². The van der Waals surface area contributed by atoms with Crippen molar-refractivity contribution in [1.29, 1.82) is 0 Å². The molecule has 2 aromatic carbocycles. The van der Waals surface area contributed by atoms with E-state index >= 15 is 0 Å². The van der Waals surface area contributed by atoms with E-state index in [0.717, 1.165) is 25.2 Å². The minimum absolute atomic E-state index is 0.0386. The third-order valence-electron chi connectivity index (χ3n) is 6.03. The third-order valence-corrected chi connectivity index (χ3v) is 6.03. The number of aromatic hydroxyl groups is 1. The lowest BCUT2D eigenvalue weighted by Crippen LogP contribution is -2.38. The summed E-state index contributed by atoms with van der Waals surface area (Å²) in [6.45, 7) is 6.19. The molecular formula is C25H28N2O5. The number of aryl methyl sites for hydroxylation is 1. The van der Waals surface area contributed by atoms with Gasteiger partial charge in [-0.2, -0.15) is 0 Å². The van der Waals surface area contributed by atoms with Gasteiger partial charge < -0.3 is 19.8 Å². The highest BCUT2D eigenvalue weighted by Crippen LogP contribution is 2.40. The van der Waals surface area contributed by atoms with E-state index in [0.29, 0.717) is 37.3 Å². The number of likely N-dealkylation sites (tertiary alicyclic amines) is 1. The van der Waals surface area contributed by atoms with E-state index in [1.54, 1.807) is 24.3 Å². The van der Waals surface area contributed by atoms with Crippen LogP contribution in [0.2, 0.25) is 0 Å². The predicted octanol–water partition coefficient (Wildman–Crippen LogP) is 2.84. The molecule has 1 amide bonds. The van der Waals surface area contributed by atoms with Crippen molar-refractivity contribution in [2.75, 3.05) is 39.4 Å². The van der Waals surface area contributed by atoms with E-state index in [-0.39, 0.29) is 17.1 Å². The van der Waals surface area contributed by atoms with Crippen LogP contribution in [0.1, 0.15) is 29.2 Å². The molecule has 1 unspecified atom stereocenters. The lowest BCUT2D eigenvalue weighted by atomic mass is 9.95. The van der Waals surface area contributed by atoms with Gasteiger partial charge in [0, 0.05) is 31.7 Å². The zero-order valence-corrected chi connectivity index (χ0v) is 18.2. The van der Waals surface area contributed by atoms with Gasteiger partial charge in [0.2, 0.25) is 0 Å². The van der Waals surface area contributed by atoms with Crippen molar-refractivity contribution in [3.05, 3.63) is 70.8 Å². The van der Waals surface area contributed by atoms with Gasteiger partial charge >= 0.3 is 0 Å². The van der Waals surface area contributed by atoms with E-state index in [1.165, 1.54) is 17.0 Å². The maximum atomic E-state index is 13.0. The second kappa shape index (κ2) is 9.54. The number of carbonyl (C=O) groups excluding carboxylic acids is 2. The third kappa shape index (κ3) is 4.54. The summed E-state index contributed by atoms with van der Waals surface area (Å²) >= 11 is 0. The number of carbonyl (C=O) groups is 2. The summed E-state index contributed by atoms with van der Waals surface area (Å²) < 4.78 is 5.38. The Hall–Kier alpha value is -3.16. The molecule has 0 radical (unpaired) electrons. The van der Waals surface area contributed by atoms with Crippen LogP contribution in [-0.2, 0) is 14.3 Å². The number of amides is 1. The smallest absolute Gasteiger partial charge is 0.295 e. The van der Waals surface area contributed by atoms with Crippen molar-refractivity contribution in [2.24, 2.45) is 0 Å². The summed E-state index contributed by atoms with van der Waals surface area (Å²) in [6.07, 6.45) is 0.687. The minimum atomic E-state index is -0.756. The van der Waals surface area contributed by atoms with Crippen molar-refractivity contribution in [3.63, 3.8) is 0 Å². The predicted molar refractivity (Wildman–Crippen MR) is 120 cm³/mol. The van der Waals surface area contributed by atoms with Gasteiger partial charge in [-0.25, -0.2) is 0 Å². The molecule has 32 heavy (non-hydrogen) atoms. The van der Waals surface area contributed by atoms with Crippen LogP contribution in [-0.4, -0.2) is 71.1 Å². The fourth-order valence-electron chi connectivity index (χ4n) is 4.31. The highest BCUT2D eigenvalue weighted by atomic mass is 16.5. The Morgan fingerprint density at radius 3 is 2.47 bits per heavy atom. The van der Waals surface area contributed by atoms with E-state index in [1.807, 2.05) is 19.1 Å². The van der Waals surface area contributed by atoms with E-state index in [2.05, 4.69) is 4.90 Å². The van der Waals surface area contributed by atoms with Gasteiger partial charge in [0.15, 0.2) is 0 Å². The molecule has 2 N–H and O–H groups in total. The number of aliphatic hydroxyl groups is 1. The number of morpholine rings is 1. The van der Waals surface area contributed by atoms with Gasteiger partial charge in [-0.3, -0.25) is 14.5 Å². The second-order valence-electron chi connectivity index (χ2n) is 8.26. The van der Waals surface area contributed by atoms with Crippen LogP contribution in [0.3, 0.4) is 0 Å². The molecule has 7 heteroatoms. The van der Waals surface area contributed by atoms with Crippen molar-refractivity contribution in [1.82, 2.24) is 9.80 Å². The molecule has 0 saturated carbocycles. The monoisotopic (exact) mass is 436 g/mol. The molecule has 0 bridgehead atoms. The van der Waals surface area contributed by atoms with E-state index < -0.39 is 17.7 Å². The first kappa shape index (κ1) is 22.0. The molecule has 1 atom stereocenters. The number of ketones is 1. The summed E-state index contributed by atoms with van der Waals surface area (Å²) in [7, 11) is 0. The molecule has 2 saturated heterocycles. The van der Waals surface area contributed by atoms with Gasteiger partial charge in [0.05, 0.1) is 24.8 Å². The van der Waals surface area contributed by atoms with Crippen LogP contribution in [0.15, 0.2) is 54.1 Å². The number of hydrogen-bond donors (Lipinski definition) is 2. The first-order valence-electron chi connectivity index (χ1n) is 10.9. The Kier molecular flexibility index (Phi) is 6.58. The minimum Gasteiger partial charge on any atom is -0.508 e. The normalized spacial score (nSPS) is 21.3. The Morgan fingerprint density at radius 2 is 1.78 bits per heavy atom. The number of ether oxygens (including phenoxy) is 1. The molecule has 2 aliphatic rings. The highest BCUT2D eigenvalue weighted by molar-refractivity contribution is 6.46. The first-order valence-corrected chi connectivity index (χ1v) is 10.9. The summed E-state index contributed by atoms with van der Waals surface area (Å²) in [5.74, 6) is -1.50. The lowest BCUT2D eigenvalue weighted by molar-refractivity contribution is -0.140. The van der Waals surface area contributed by atoms with Gasteiger partial charge in [-0.1, -0.05) is 42.0 Å². The summed E-state index contributed by atoms with van der Waals surface area (Å²) in [5.41, 5.74) is 2.14. The topological polar surface area (TPSA) is 90.3 Å². The maximum Gasteiger partial charge on any atom is 0.295 e. The number of nitrogens with zero attached hydrogens (tertiary/aromatic N) is 2. The molecule has 2 aromatic rings. The van der Waals surface area contributed by atoms with E-state index in [4.69, 9.17) is 4.74 Å². The Morgan fingerprint density at radius 1 is 1.06 bits per heavy atom. The lowest BCUT2D eigenvalue weighted by Gasteiger charge is -2.29. The average molecular weight is 437 g/mol. The molecule has 168 valence electrons. The van der Waals surface area contributed by atoms with Gasteiger partial charge in [-0.05, 0) is 31.0 Å². The quantitative estimate of drug-likeness (QED) is 0.411. The molecule has 2 heterocycles. The number of phenolic OH excluding ortho intramolecular Hbond substituents is 1. The zero-order valence-electron chi connectivity index (χ0n) is 18.2. The van der Waals surface area contributed by atoms with Crippen molar-refractivity contribution < 1.29 is 24.5 Å². The number of rotatable bonds is 6. The van der Waals surface area contributed by atoms with Gasteiger partial charge in [-0.15, -0.1) is 0 Å². The molecule has 7 nitrogen and oxygen atoms in total. The first-order chi connectivity index (χ1) is 15.5.